The maximum Gasteiger partial charge on any atom is 0.317 e. The summed E-state index contributed by atoms with van der Waals surface area (Å²) < 4.78 is 18.4. The molecule has 0 bridgehead atoms. The second-order valence-electron chi connectivity index (χ2n) is 6.71. The number of rotatable bonds is 5. The minimum atomic E-state index is -0.846. The van der Waals surface area contributed by atoms with Gasteiger partial charge in [-0.25, -0.2) is 4.39 Å². The molecule has 0 spiro atoms. The van der Waals surface area contributed by atoms with Gasteiger partial charge in [-0.15, -0.1) is 0 Å². The zero-order valence-corrected chi connectivity index (χ0v) is 15.6. The molecular formula is C23H23FO3. The minimum Gasteiger partial charge on any atom is -0.465 e. The van der Waals surface area contributed by atoms with Gasteiger partial charge in [0.15, 0.2) is 5.78 Å². The summed E-state index contributed by atoms with van der Waals surface area (Å²) in [6.45, 7) is 4.05. The highest BCUT2D eigenvalue weighted by atomic mass is 19.1. The first-order valence-corrected chi connectivity index (χ1v) is 9.29. The molecular weight excluding hydrogens is 343 g/mol. The van der Waals surface area contributed by atoms with Crippen LogP contribution in [0.5, 0.6) is 0 Å². The lowest BCUT2D eigenvalue weighted by atomic mass is 9.73. The third-order valence-corrected chi connectivity index (χ3v) is 5.04. The van der Waals surface area contributed by atoms with E-state index in [1.54, 1.807) is 19.1 Å². The number of esters is 1. The summed E-state index contributed by atoms with van der Waals surface area (Å²) in [6, 6.07) is 14.1. The molecule has 0 N–H and O–H groups in total. The number of carbonyl (C=O) groups excluding carboxylic acids is 2. The van der Waals surface area contributed by atoms with E-state index in [0.717, 1.165) is 23.1 Å². The van der Waals surface area contributed by atoms with Gasteiger partial charge in [0.1, 0.15) is 11.7 Å². The van der Waals surface area contributed by atoms with Gasteiger partial charge in [-0.2, -0.15) is 0 Å². The summed E-state index contributed by atoms with van der Waals surface area (Å²) >= 11 is 0. The fraction of sp³-hybridized carbons (Fsp3) is 0.304. The molecule has 0 aliphatic heterocycles. The van der Waals surface area contributed by atoms with Crippen molar-refractivity contribution < 1.29 is 18.7 Å². The first kappa shape index (κ1) is 19.0. The van der Waals surface area contributed by atoms with E-state index in [0.29, 0.717) is 6.42 Å². The van der Waals surface area contributed by atoms with Crippen LogP contribution in [0.3, 0.4) is 0 Å². The molecule has 0 radical (unpaired) electrons. The summed E-state index contributed by atoms with van der Waals surface area (Å²) in [5, 5.41) is 0. The fourth-order valence-electron chi connectivity index (χ4n) is 3.56. The smallest absolute Gasteiger partial charge is 0.317 e. The van der Waals surface area contributed by atoms with E-state index in [1.165, 1.54) is 23.8 Å². The van der Waals surface area contributed by atoms with Crippen LogP contribution in [0.1, 0.15) is 42.9 Å². The Hall–Kier alpha value is -2.75. The van der Waals surface area contributed by atoms with Gasteiger partial charge in [0.2, 0.25) is 0 Å². The topological polar surface area (TPSA) is 43.4 Å². The van der Waals surface area contributed by atoms with E-state index in [9.17, 15) is 14.0 Å². The normalized spacial score (nSPS) is 19.5. The molecule has 2 atom stereocenters. The number of hydrogen-bond acceptors (Lipinski definition) is 3. The molecule has 4 heteroatoms. The van der Waals surface area contributed by atoms with Gasteiger partial charge in [0.05, 0.1) is 6.61 Å². The number of hydrogen-bond donors (Lipinski definition) is 0. The molecule has 140 valence electrons. The molecule has 0 fully saturated rings. The first-order chi connectivity index (χ1) is 13.0. The molecule has 1 aliphatic carbocycles. The van der Waals surface area contributed by atoms with Crippen molar-refractivity contribution >= 4 is 17.3 Å². The van der Waals surface area contributed by atoms with E-state index >= 15 is 0 Å². The number of allylic oxidation sites excluding steroid dienone is 2. The zero-order valence-electron chi connectivity index (χ0n) is 15.6. The zero-order chi connectivity index (χ0) is 19.4. The number of ether oxygens (including phenoxy) is 1. The van der Waals surface area contributed by atoms with Gasteiger partial charge in [-0.3, -0.25) is 9.59 Å². The van der Waals surface area contributed by atoms with E-state index < -0.39 is 11.9 Å². The molecule has 0 saturated heterocycles. The van der Waals surface area contributed by atoms with Crippen LogP contribution in [-0.4, -0.2) is 18.4 Å². The number of aryl methyl sites for hydroxylation is 1. The number of halogens is 1. The Kier molecular flexibility index (Phi) is 5.84. The largest absolute Gasteiger partial charge is 0.465 e. The molecule has 3 nitrogen and oxygen atoms in total. The molecule has 0 amide bonds. The van der Waals surface area contributed by atoms with Crippen LogP contribution < -0.4 is 0 Å². The average Bonchev–Trinajstić information content (AvgIpc) is 2.68. The second-order valence-corrected chi connectivity index (χ2v) is 6.71. The van der Waals surface area contributed by atoms with Gasteiger partial charge >= 0.3 is 5.97 Å². The highest BCUT2D eigenvalue weighted by Gasteiger charge is 2.39. The Morgan fingerprint density at radius 1 is 1.07 bits per heavy atom. The molecule has 1 aliphatic rings. The third kappa shape index (κ3) is 4.16. The van der Waals surface area contributed by atoms with Crippen LogP contribution in [0.4, 0.5) is 4.39 Å². The monoisotopic (exact) mass is 366 g/mol. The van der Waals surface area contributed by atoms with Gasteiger partial charge in [0, 0.05) is 5.92 Å². The molecule has 2 aromatic rings. The van der Waals surface area contributed by atoms with Gasteiger partial charge in [0.25, 0.3) is 0 Å². The van der Waals surface area contributed by atoms with Crippen molar-refractivity contribution in [2.24, 2.45) is 5.92 Å². The Morgan fingerprint density at radius 3 is 2.33 bits per heavy atom. The van der Waals surface area contributed by atoms with Crippen molar-refractivity contribution in [3.8, 4) is 0 Å². The molecule has 0 heterocycles. The molecule has 0 unspecified atom stereocenters. The van der Waals surface area contributed by atoms with Crippen molar-refractivity contribution in [3.63, 3.8) is 0 Å². The van der Waals surface area contributed by atoms with Crippen molar-refractivity contribution in [3.05, 3.63) is 77.1 Å². The van der Waals surface area contributed by atoms with Gasteiger partial charge in [-0.1, -0.05) is 43.3 Å². The van der Waals surface area contributed by atoms with Crippen molar-refractivity contribution in [1.29, 1.82) is 0 Å². The lowest BCUT2D eigenvalue weighted by Gasteiger charge is -2.29. The Morgan fingerprint density at radius 2 is 1.74 bits per heavy atom. The maximum absolute atomic E-state index is 13.2. The van der Waals surface area contributed by atoms with Gasteiger partial charge < -0.3 is 4.74 Å². The molecule has 0 aromatic heterocycles. The van der Waals surface area contributed by atoms with Crippen molar-refractivity contribution in [2.45, 2.75) is 32.6 Å². The lowest BCUT2D eigenvalue weighted by Crippen LogP contribution is -2.34. The van der Waals surface area contributed by atoms with Crippen LogP contribution in [0, 0.1) is 11.7 Å². The molecule has 27 heavy (non-hydrogen) atoms. The molecule has 3 rings (SSSR count). The van der Waals surface area contributed by atoms with Crippen molar-refractivity contribution in [1.82, 2.24) is 0 Å². The number of carbonyl (C=O) groups is 2. The van der Waals surface area contributed by atoms with Crippen molar-refractivity contribution in [2.75, 3.05) is 6.61 Å². The predicted molar refractivity (Wildman–Crippen MR) is 103 cm³/mol. The lowest BCUT2D eigenvalue weighted by molar-refractivity contribution is -0.151. The standard InChI is InChI=1S/C23H23FO3/c1-3-15-5-7-17(8-6-15)20-13-18(16-9-11-19(24)12-10-16)14-21(25)22(20)23(26)27-4-2/h5-12,14,20,22H,3-4,13H2,1-2H3/t20-,22-/m1/s1. The Balaban J connectivity index is 1.99. The quantitative estimate of drug-likeness (QED) is 0.569. The van der Waals surface area contributed by atoms with Crippen LogP contribution in [-0.2, 0) is 20.7 Å². The summed E-state index contributed by atoms with van der Waals surface area (Å²) in [7, 11) is 0. The first-order valence-electron chi connectivity index (χ1n) is 9.29. The highest BCUT2D eigenvalue weighted by Crippen LogP contribution is 2.40. The predicted octanol–water partition coefficient (Wildman–Crippen LogP) is 4.71. The van der Waals surface area contributed by atoms with E-state index in [4.69, 9.17) is 4.74 Å². The van der Waals surface area contributed by atoms with E-state index in [1.807, 2.05) is 24.3 Å². The summed E-state index contributed by atoms with van der Waals surface area (Å²) in [6.07, 6.45) is 2.95. The highest BCUT2D eigenvalue weighted by molar-refractivity contribution is 6.10. The SMILES string of the molecule is CCOC(=O)[C@H]1C(=O)C=C(c2ccc(F)cc2)C[C@@H]1c1ccc(CC)cc1. The second kappa shape index (κ2) is 8.30. The summed E-state index contributed by atoms with van der Waals surface area (Å²) in [5.74, 6) is -2.21. The van der Waals surface area contributed by atoms with E-state index in [-0.39, 0.29) is 24.1 Å². The average molecular weight is 366 g/mol. The number of ketones is 1. The summed E-state index contributed by atoms with van der Waals surface area (Å²) in [4.78, 5) is 25.3. The maximum atomic E-state index is 13.2. The minimum absolute atomic E-state index is 0.235. The summed E-state index contributed by atoms with van der Waals surface area (Å²) in [5.41, 5.74) is 3.74. The third-order valence-electron chi connectivity index (χ3n) is 5.04. The van der Waals surface area contributed by atoms with E-state index in [2.05, 4.69) is 6.92 Å². The number of benzene rings is 2. The van der Waals surface area contributed by atoms with Crippen LogP contribution in [0.15, 0.2) is 54.6 Å². The van der Waals surface area contributed by atoms with Crippen LogP contribution >= 0.6 is 0 Å². The van der Waals surface area contributed by atoms with Crippen LogP contribution in [0.2, 0.25) is 0 Å². The fourth-order valence-corrected chi connectivity index (χ4v) is 3.56. The van der Waals surface area contributed by atoms with Crippen LogP contribution in [0.25, 0.3) is 5.57 Å². The van der Waals surface area contributed by atoms with Gasteiger partial charge in [-0.05, 0) is 60.2 Å². The molecule has 2 aromatic carbocycles. The molecule has 0 saturated carbocycles. The Bertz CT molecular complexity index is 850. The Labute approximate surface area is 158 Å².